The molecule has 0 aromatic rings. The number of nitrogens with one attached hydrogen (secondary N) is 2. The van der Waals surface area contributed by atoms with E-state index in [1.165, 1.54) is 7.11 Å². The van der Waals surface area contributed by atoms with E-state index in [0.717, 1.165) is 11.8 Å². The van der Waals surface area contributed by atoms with Crippen LogP contribution in [0.4, 0.5) is 4.79 Å². The van der Waals surface area contributed by atoms with Gasteiger partial charge in [-0.1, -0.05) is 46.4 Å². The lowest BCUT2D eigenvalue weighted by atomic mass is 9.87. The smallest absolute Gasteiger partial charge is 0.478 e. The summed E-state index contributed by atoms with van der Waals surface area (Å²) in [5.41, 5.74) is -1.61. The molecule has 0 saturated carbocycles. The highest BCUT2D eigenvalue weighted by atomic mass is 32.2. The quantitative estimate of drug-likeness (QED) is 0.189. The van der Waals surface area contributed by atoms with E-state index >= 15 is 0 Å². The summed E-state index contributed by atoms with van der Waals surface area (Å²) >= 11 is 0.749. The van der Waals surface area contributed by atoms with Gasteiger partial charge in [0.05, 0.1) is 20.1 Å². The van der Waals surface area contributed by atoms with Gasteiger partial charge in [-0.15, -0.1) is 0 Å². The number of aliphatic carboxylic acids is 1. The maximum Gasteiger partial charge on any atom is 0.478 e. The van der Waals surface area contributed by atoms with Gasteiger partial charge in [0.2, 0.25) is 12.7 Å². The van der Waals surface area contributed by atoms with Gasteiger partial charge in [-0.3, -0.25) is 23.4 Å². The Morgan fingerprint density at radius 2 is 1.86 bits per heavy atom. The van der Waals surface area contributed by atoms with Crippen molar-refractivity contribution in [3.63, 3.8) is 0 Å². The molecule has 1 aliphatic heterocycles. The molecule has 1 aliphatic rings. The summed E-state index contributed by atoms with van der Waals surface area (Å²) in [6.45, 7) is 7.08. The Morgan fingerprint density at radius 3 is 2.42 bits per heavy atom. The van der Waals surface area contributed by atoms with Crippen molar-refractivity contribution in [1.29, 1.82) is 0 Å². The van der Waals surface area contributed by atoms with Gasteiger partial charge in [0.1, 0.15) is 6.04 Å². The van der Waals surface area contributed by atoms with E-state index in [1.807, 2.05) is 0 Å². The third-order valence-corrected chi connectivity index (χ3v) is 7.33. The van der Waals surface area contributed by atoms with Crippen LogP contribution in [0.2, 0.25) is 0 Å². The van der Waals surface area contributed by atoms with E-state index in [0.29, 0.717) is 0 Å². The Hall–Kier alpha value is -2.19. The van der Waals surface area contributed by atoms with E-state index in [2.05, 4.69) is 15.4 Å². The van der Waals surface area contributed by atoms with Gasteiger partial charge in [0.15, 0.2) is 11.2 Å². The Bertz CT molecular complexity index is 888. The molecule has 36 heavy (non-hydrogen) atoms. The van der Waals surface area contributed by atoms with Crippen LogP contribution >= 0.6 is 19.6 Å². The third-order valence-electron chi connectivity index (χ3n) is 4.62. The number of carbonyl (C=O) groups is 5. The van der Waals surface area contributed by atoms with Gasteiger partial charge in [-0.05, 0) is 0 Å². The van der Waals surface area contributed by atoms with Crippen molar-refractivity contribution in [2.24, 2.45) is 10.8 Å². The monoisotopic (exact) mass is 556 g/mol. The summed E-state index contributed by atoms with van der Waals surface area (Å²) < 4.78 is 37.3. The minimum atomic E-state index is -4.34. The molecule has 1 rings (SSSR count). The summed E-state index contributed by atoms with van der Waals surface area (Å²) in [4.78, 5) is 59.1. The number of alkyl carbamates (subject to hydrolysis) is 1. The number of thioether (sulfide) groups is 1. The maximum atomic E-state index is 12.8. The van der Waals surface area contributed by atoms with Crippen LogP contribution in [0.25, 0.3) is 0 Å². The summed E-state index contributed by atoms with van der Waals surface area (Å²) in [5, 5.41) is 13.5. The molecule has 1 saturated heterocycles. The normalized spacial score (nSPS) is 22.1. The van der Waals surface area contributed by atoms with Crippen LogP contribution in [0.3, 0.4) is 0 Å². The van der Waals surface area contributed by atoms with E-state index in [9.17, 15) is 33.6 Å². The molecule has 1 heterocycles. The Morgan fingerprint density at radius 1 is 1.22 bits per heavy atom. The number of ether oxygens (including phenoxy) is 2. The number of hydrogen-bond donors (Lipinski definition) is 3. The van der Waals surface area contributed by atoms with Crippen LogP contribution in [0, 0.1) is 10.8 Å². The molecule has 0 aromatic heterocycles. The number of rotatable bonds is 11. The summed E-state index contributed by atoms with van der Waals surface area (Å²) in [5.74, 6) is -2.83. The molecule has 0 radical (unpaired) electrons. The van der Waals surface area contributed by atoms with Crippen molar-refractivity contribution >= 4 is 48.6 Å². The first-order chi connectivity index (χ1) is 16.5. The largest absolute Gasteiger partial charge is 0.480 e. The predicted molar refractivity (Wildman–Crippen MR) is 126 cm³/mol. The molecule has 0 unspecified atom stereocenters. The van der Waals surface area contributed by atoms with E-state index in [1.54, 1.807) is 34.6 Å². The molecule has 0 aliphatic carbocycles. The zero-order valence-corrected chi connectivity index (χ0v) is 22.7. The van der Waals surface area contributed by atoms with E-state index in [-0.39, 0.29) is 30.4 Å². The van der Waals surface area contributed by atoms with Crippen LogP contribution in [-0.2, 0) is 46.8 Å². The minimum Gasteiger partial charge on any atom is -0.480 e. The topological polar surface area (TPSA) is 193 Å². The molecule has 0 spiro atoms. The fraction of sp³-hybridized carbons (Fsp3) is 0.750. The second-order valence-electron chi connectivity index (χ2n) is 9.37. The van der Waals surface area contributed by atoms with Gasteiger partial charge in [-0.2, -0.15) is 0 Å². The molecular formula is C20H33N2O12PS. The molecule has 14 nitrogen and oxygen atoms in total. The molecule has 1 fully saturated rings. The number of hydrogen-bond acceptors (Lipinski definition) is 12. The van der Waals surface area contributed by atoms with Gasteiger partial charge in [0.25, 0.3) is 0 Å². The summed E-state index contributed by atoms with van der Waals surface area (Å²) in [6.07, 6.45) is -2.58. The minimum absolute atomic E-state index is 0.0406. The summed E-state index contributed by atoms with van der Waals surface area (Å²) in [7, 11) is -3.13. The van der Waals surface area contributed by atoms with Crippen molar-refractivity contribution in [3.05, 3.63) is 0 Å². The first kappa shape index (κ1) is 31.8. The highest BCUT2D eigenvalue weighted by Gasteiger charge is 2.49. The highest BCUT2D eigenvalue weighted by Crippen LogP contribution is 2.57. The number of carboxylic acids is 1. The van der Waals surface area contributed by atoms with Crippen LogP contribution < -0.4 is 10.6 Å². The second kappa shape index (κ2) is 13.4. The molecular weight excluding hydrogens is 523 g/mol. The van der Waals surface area contributed by atoms with Crippen LogP contribution in [-0.4, -0.2) is 79.1 Å². The Kier molecular flexibility index (Phi) is 11.8. The zero-order chi connectivity index (χ0) is 27.7. The average Bonchev–Trinajstić information content (AvgIpc) is 2.77. The molecule has 206 valence electrons. The standard InChI is InChI=1S/C20H33N2O12PS/c1-19(2,3)17(27)36-9-12(16(25)26)22-18(28)31-11-33-35(29)32-10-20(4,5)14(34-35)15(24)21-8-7-13(23)30-6/h12,14H,7-11H2,1-6H3,(H,21,24)(H,22,28)(H,25,26)/t12-,14-,35-/m0/s1. The van der Waals surface area contributed by atoms with Crippen molar-refractivity contribution < 1.29 is 56.7 Å². The van der Waals surface area contributed by atoms with Crippen LogP contribution in [0.5, 0.6) is 0 Å². The number of amides is 2. The molecule has 3 N–H and O–H groups in total. The van der Waals surface area contributed by atoms with Gasteiger partial charge in [-0.25, -0.2) is 18.7 Å². The second-order valence-corrected chi connectivity index (χ2v) is 12.0. The van der Waals surface area contributed by atoms with E-state index < -0.39 is 61.5 Å². The fourth-order valence-corrected chi connectivity index (χ4v) is 4.94. The molecule has 2 amide bonds. The SMILES string of the molecule is COC(=O)CCNC(=O)[C@@H]1O[P@](=O)(OCOC(=O)N[C@@H](CSC(=O)C(C)(C)C)C(=O)O)OCC1(C)C. The first-order valence-electron chi connectivity index (χ1n) is 10.8. The molecule has 16 heteroatoms. The van der Waals surface area contributed by atoms with Crippen LogP contribution in [0.1, 0.15) is 41.0 Å². The van der Waals surface area contributed by atoms with Crippen LogP contribution in [0.15, 0.2) is 0 Å². The number of phosphoric ester groups is 1. The third kappa shape index (κ3) is 10.4. The average molecular weight is 557 g/mol. The van der Waals surface area contributed by atoms with Gasteiger partial charge >= 0.3 is 25.9 Å². The van der Waals surface area contributed by atoms with Gasteiger partial charge < -0.3 is 25.2 Å². The molecule has 0 bridgehead atoms. The number of carboxylic acid groups (broad SMARTS) is 1. The maximum absolute atomic E-state index is 12.8. The predicted octanol–water partition coefficient (Wildman–Crippen LogP) is 1.67. The lowest BCUT2D eigenvalue weighted by molar-refractivity contribution is -0.144. The van der Waals surface area contributed by atoms with E-state index in [4.69, 9.17) is 18.3 Å². The molecule has 0 aromatic carbocycles. The number of esters is 1. The number of methoxy groups -OCH3 is 1. The summed E-state index contributed by atoms with van der Waals surface area (Å²) in [6, 6.07) is -1.44. The van der Waals surface area contributed by atoms with Gasteiger partial charge in [0, 0.05) is 23.1 Å². The lowest BCUT2D eigenvalue weighted by Crippen LogP contribution is -2.50. The number of carbonyl (C=O) groups excluding carboxylic acids is 4. The van der Waals surface area contributed by atoms with Crippen molar-refractivity contribution in [2.75, 3.05) is 32.8 Å². The highest BCUT2D eigenvalue weighted by molar-refractivity contribution is 8.13. The Balaban J connectivity index is 2.61. The van der Waals surface area contributed by atoms with Crippen molar-refractivity contribution in [1.82, 2.24) is 10.6 Å². The lowest BCUT2D eigenvalue weighted by Gasteiger charge is -2.39. The molecule has 3 atom stereocenters. The fourth-order valence-electron chi connectivity index (χ4n) is 2.45. The van der Waals surface area contributed by atoms with Crippen molar-refractivity contribution in [2.45, 2.75) is 53.2 Å². The first-order valence-corrected chi connectivity index (χ1v) is 13.2. The number of phosphoric acid groups is 1. The Labute approximate surface area is 213 Å². The zero-order valence-electron chi connectivity index (χ0n) is 21.0. The van der Waals surface area contributed by atoms with Crippen molar-refractivity contribution in [3.8, 4) is 0 Å².